The maximum atomic E-state index is 11.6. The van der Waals surface area contributed by atoms with Crippen molar-refractivity contribution >= 4 is 5.78 Å². The molecule has 1 aliphatic carbocycles. The molecule has 1 aliphatic rings. The van der Waals surface area contributed by atoms with Crippen molar-refractivity contribution in [3.8, 4) is 0 Å². The first-order valence-corrected chi connectivity index (χ1v) is 5.21. The normalized spacial score (nSPS) is 15.5. The molecule has 0 unspecified atom stereocenters. The minimum Gasteiger partial charge on any atom is -0.294 e. The molecule has 0 bridgehead atoms. The number of aryl methyl sites for hydroxylation is 1. The first-order chi connectivity index (χ1) is 6.75. The minimum absolute atomic E-state index is 0.240. The van der Waals surface area contributed by atoms with Gasteiger partial charge in [-0.1, -0.05) is 12.8 Å². The van der Waals surface area contributed by atoms with Crippen LogP contribution in [0.15, 0.2) is 18.3 Å². The van der Waals surface area contributed by atoms with Crippen molar-refractivity contribution in [3.05, 3.63) is 29.6 Å². The van der Waals surface area contributed by atoms with Gasteiger partial charge in [0.25, 0.3) is 0 Å². The van der Waals surface area contributed by atoms with Gasteiger partial charge in [0.15, 0.2) is 5.78 Å². The standard InChI is InChI=1S/C12H15NO/c1-9-2-6-11(8-13-9)12(14)7-5-10-3-4-10/h2,6,8,10H,3-5,7H2,1H3. The second kappa shape index (κ2) is 3.91. The predicted octanol–water partition coefficient (Wildman–Crippen LogP) is 2.76. The van der Waals surface area contributed by atoms with Crippen molar-refractivity contribution in [2.24, 2.45) is 5.92 Å². The molecule has 0 radical (unpaired) electrons. The van der Waals surface area contributed by atoms with Crippen molar-refractivity contribution in [2.45, 2.75) is 32.6 Å². The Morgan fingerprint density at radius 1 is 1.50 bits per heavy atom. The third-order valence-corrected chi connectivity index (χ3v) is 2.71. The van der Waals surface area contributed by atoms with Crippen molar-refractivity contribution in [3.63, 3.8) is 0 Å². The zero-order chi connectivity index (χ0) is 9.97. The Balaban J connectivity index is 1.92. The summed E-state index contributed by atoms with van der Waals surface area (Å²) in [6.45, 7) is 1.93. The molecule has 0 saturated heterocycles. The fourth-order valence-corrected chi connectivity index (χ4v) is 1.52. The first-order valence-electron chi connectivity index (χ1n) is 5.21. The van der Waals surface area contributed by atoms with Crippen LogP contribution >= 0.6 is 0 Å². The molecule has 1 aromatic rings. The van der Waals surface area contributed by atoms with E-state index in [0.717, 1.165) is 23.6 Å². The van der Waals surface area contributed by atoms with Crippen LogP contribution in [0.4, 0.5) is 0 Å². The lowest BCUT2D eigenvalue weighted by Crippen LogP contribution is -2.00. The van der Waals surface area contributed by atoms with Crippen molar-refractivity contribution in [1.29, 1.82) is 0 Å². The SMILES string of the molecule is Cc1ccc(C(=O)CCC2CC2)cn1. The van der Waals surface area contributed by atoms with E-state index in [1.807, 2.05) is 19.1 Å². The van der Waals surface area contributed by atoms with Crippen LogP contribution < -0.4 is 0 Å². The van der Waals surface area contributed by atoms with Gasteiger partial charge < -0.3 is 0 Å². The molecular formula is C12H15NO. The summed E-state index contributed by atoms with van der Waals surface area (Å²) in [5.41, 5.74) is 1.72. The zero-order valence-corrected chi connectivity index (χ0v) is 8.49. The van der Waals surface area contributed by atoms with Crippen LogP contribution in [0.25, 0.3) is 0 Å². The molecule has 0 aromatic carbocycles. The number of aromatic nitrogens is 1. The van der Waals surface area contributed by atoms with E-state index in [-0.39, 0.29) is 5.78 Å². The maximum Gasteiger partial charge on any atom is 0.164 e. The Kier molecular flexibility index (Phi) is 2.62. The fraction of sp³-hybridized carbons (Fsp3) is 0.500. The van der Waals surface area contributed by atoms with Crippen molar-refractivity contribution in [1.82, 2.24) is 4.98 Å². The van der Waals surface area contributed by atoms with Crippen LogP contribution in [0.2, 0.25) is 0 Å². The molecule has 0 amide bonds. The van der Waals surface area contributed by atoms with E-state index in [2.05, 4.69) is 4.98 Å². The van der Waals surface area contributed by atoms with Gasteiger partial charge in [-0.3, -0.25) is 9.78 Å². The lowest BCUT2D eigenvalue weighted by atomic mass is 10.1. The van der Waals surface area contributed by atoms with E-state index in [0.29, 0.717) is 6.42 Å². The number of nitrogens with zero attached hydrogens (tertiary/aromatic N) is 1. The van der Waals surface area contributed by atoms with Crippen LogP contribution in [0.1, 0.15) is 41.7 Å². The minimum atomic E-state index is 0.240. The van der Waals surface area contributed by atoms with Crippen LogP contribution in [-0.4, -0.2) is 10.8 Å². The highest BCUT2D eigenvalue weighted by Crippen LogP contribution is 2.33. The van der Waals surface area contributed by atoms with Gasteiger partial charge in [0.2, 0.25) is 0 Å². The van der Waals surface area contributed by atoms with Crippen LogP contribution in [0.5, 0.6) is 0 Å². The van der Waals surface area contributed by atoms with E-state index in [4.69, 9.17) is 0 Å². The highest BCUT2D eigenvalue weighted by Gasteiger charge is 2.22. The largest absolute Gasteiger partial charge is 0.294 e. The number of ketones is 1. The van der Waals surface area contributed by atoms with E-state index in [1.165, 1.54) is 12.8 Å². The fourth-order valence-electron chi connectivity index (χ4n) is 1.52. The average molecular weight is 189 g/mol. The number of hydrogen-bond acceptors (Lipinski definition) is 2. The van der Waals surface area contributed by atoms with Crippen LogP contribution in [-0.2, 0) is 0 Å². The first kappa shape index (κ1) is 9.38. The average Bonchev–Trinajstić information content (AvgIpc) is 2.99. The second-order valence-electron chi connectivity index (χ2n) is 4.09. The van der Waals surface area contributed by atoms with E-state index in [9.17, 15) is 4.79 Å². The molecule has 0 atom stereocenters. The molecule has 0 N–H and O–H groups in total. The quantitative estimate of drug-likeness (QED) is 0.682. The summed E-state index contributed by atoms with van der Waals surface area (Å²) in [7, 11) is 0. The summed E-state index contributed by atoms with van der Waals surface area (Å²) in [6, 6.07) is 3.77. The van der Waals surface area contributed by atoms with Gasteiger partial charge in [-0.2, -0.15) is 0 Å². The molecule has 1 fully saturated rings. The molecular weight excluding hydrogens is 174 g/mol. The summed E-state index contributed by atoms with van der Waals surface area (Å²) in [6.07, 6.45) is 6.07. The summed E-state index contributed by atoms with van der Waals surface area (Å²) in [5, 5.41) is 0. The third kappa shape index (κ3) is 2.41. The smallest absolute Gasteiger partial charge is 0.164 e. The Morgan fingerprint density at radius 2 is 2.29 bits per heavy atom. The van der Waals surface area contributed by atoms with Crippen LogP contribution in [0, 0.1) is 12.8 Å². The number of Topliss-reactive ketones (excluding diaryl/α,β-unsaturated/α-hetero) is 1. The molecule has 1 aromatic heterocycles. The highest BCUT2D eigenvalue weighted by atomic mass is 16.1. The van der Waals surface area contributed by atoms with E-state index < -0.39 is 0 Å². The molecule has 0 spiro atoms. The predicted molar refractivity (Wildman–Crippen MR) is 55.3 cm³/mol. The van der Waals surface area contributed by atoms with Gasteiger partial charge in [0, 0.05) is 23.9 Å². The lowest BCUT2D eigenvalue weighted by Gasteiger charge is -1.99. The second-order valence-corrected chi connectivity index (χ2v) is 4.09. The molecule has 1 saturated carbocycles. The van der Waals surface area contributed by atoms with Gasteiger partial charge >= 0.3 is 0 Å². The number of hydrogen-bond donors (Lipinski definition) is 0. The maximum absolute atomic E-state index is 11.6. The van der Waals surface area contributed by atoms with Crippen molar-refractivity contribution in [2.75, 3.05) is 0 Å². The summed E-state index contributed by atoms with van der Waals surface area (Å²) >= 11 is 0. The third-order valence-electron chi connectivity index (χ3n) is 2.71. The van der Waals surface area contributed by atoms with Gasteiger partial charge in [-0.25, -0.2) is 0 Å². The summed E-state index contributed by atoms with van der Waals surface area (Å²) in [5.74, 6) is 1.07. The zero-order valence-electron chi connectivity index (χ0n) is 8.49. The van der Waals surface area contributed by atoms with Gasteiger partial charge in [-0.05, 0) is 31.4 Å². The molecule has 0 aliphatic heterocycles. The highest BCUT2D eigenvalue weighted by molar-refractivity contribution is 5.95. The number of carbonyl (C=O) groups is 1. The van der Waals surface area contributed by atoms with Crippen molar-refractivity contribution < 1.29 is 4.79 Å². The number of pyridine rings is 1. The number of rotatable bonds is 4. The lowest BCUT2D eigenvalue weighted by molar-refractivity contribution is 0.0977. The summed E-state index contributed by atoms with van der Waals surface area (Å²) in [4.78, 5) is 15.8. The molecule has 1 heterocycles. The van der Waals surface area contributed by atoms with Crippen LogP contribution in [0.3, 0.4) is 0 Å². The molecule has 2 heteroatoms. The Hall–Kier alpha value is -1.18. The van der Waals surface area contributed by atoms with Gasteiger partial charge in [-0.15, -0.1) is 0 Å². The molecule has 74 valence electrons. The molecule has 2 nitrogen and oxygen atoms in total. The summed E-state index contributed by atoms with van der Waals surface area (Å²) < 4.78 is 0. The number of carbonyl (C=O) groups excluding carboxylic acids is 1. The van der Waals surface area contributed by atoms with E-state index in [1.54, 1.807) is 6.20 Å². The van der Waals surface area contributed by atoms with E-state index >= 15 is 0 Å². The topological polar surface area (TPSA) is 30.0 Å². The monoisotopic (exact) mass is 189 g/mol. The molecule has 14 heavy (non-hydrogen) atoms. The van der Waals surface area contributed by atoms with Gasteiger partial charge in [0.1, 0.15) is 0 Å². The van der Waals surface area contributed by atoms with Gasteiger partial charge in [0.05, 0.1) is 0 Å². The Bertz CT molecular complexity index is 325. The Morgan fingerprint density at radius 3 is 2.86 bits per heavy atom. The molecule has 2 rings (SSSR count). The Labute approximate surface area is 84.4 Å².